The van der Waals surface area contributed by atoms with E-state index in [2.05, 4.69) is 0 Å². The third kappa shape index (κ3) is 2.80. The van der Waals surface area contributed by atoms with Gasteiger partial charge in [0.05, 0.1) is 0 Å². The maximum atomic E-state index is 13.1. The summed E-state index contributed by atoms with van der Waals surface area (Å²) in [5.41, 5.74) is -0.140. The summed E-state index contributed by atoms with van der Waals surface area (Å²) in [7, 11) is 0. The highest BCUT2D eigenvalue weighted by Crippen LogP contribution is 2.17. The fourth-order valence-corrected chi connectivity index (χ4v) is 2.70. The van der Waals surface area contributed by atoms with E-state index in [1.807, 2.05) is 0 Å². The van der Waals surface area contributed by atoms with Crippen LogP contribution in [0, 0.1) is 17.5 Å². The first kappa shape index (κ1) is 13.3. The summed E-state index contributed by atoms with van der Waals surface area (Å²) in [5, 5.41) is 0. The molecule has 0 aromatic heterocycles. The van der Waals surface area contributed by atoms with Crippen LogP contribution in [0.4, 0.5) is 13.2 Å². The number of amides is 1. The van der Waals surface area contributed by atoms with Crippen LogP contribution < -0.4 is 0 Å². The van der Waals surface area contributed by atoms with Crippen molar-refractivity contribution in [1.82, 2.24) is 4.90 Å². The van der Waals surface area contributed by atoms with E-state index in [0.717, 1.165) is 30.1 Å². The Morgan fingerprint density at radius 1 is 1.11 bits per heavy atom. The lowest BCUT2D eigenvalue weighted by atomic mass is 10.1. The highest BCUT2D eigenvalue weighted by Gasteiger charge is 2.20. The van der Waals surface area contributed by atoms with Gasteiger partial charge in [0.25, 0.3) is 5.91 Å². The van der Waals surface area contributed by atoms with Crippen LogP contribution in [-0.2, 0) is 0 Å². The number of thioether (sulfide) groups is 1. The maximum absolute atomic E-state index is 13.1. The summed E-state index contributed by atoms with van der Waals surface area (Å²) >= 11 is 1.74. The number of carbonyl (C=O) groups excluding carboxylic acids is 1. The Morgan fingerprint density at radius 2 is 1.78 bits per heavy atom. The molecule has 0 aliphatic carbocycles. The molecular formula is C12H12F3NOS. The minimum Gasteiger partial charge on any atom is -0.338 e. The monoisotopic (exact) mass is 275 g/mol. The number of rotatable bonds is 1. The number of hydrogen-bond donors (Lipinski definition) is 0. The van der Waals surface area contributed by atoms with Gasteiger partial charge in [-0.05, 0) is 24.3 Å². The van der Waals surface area contributed by atoms with Crippen molar-refractivity contribution in [2.24, 2.45) is 0 Å². The lowest BCUT2D eigenvalue weighted by Gasteiger charge is -2.20. The summed E-state index contributed by atoms with van der Waals surface area (Å²) in [6.45, 7) is 1.11. The molecule has 1 aliphatic heterocycles. The molecule has 1 aliphatic rings. The number of nitrogens with zero attached hydrogens (tertiary/aromatic N) is 1. The van der Waals surface area contributed by atoms with E-state index >= 15 is 0 Å². The van der Waals surface area contributed by atoms with Gasteiger partial charge in [-0.3, -0.25) is 4.79 Å². The predicted molar refractivity (Wildman–Crippen MR) is 64.2 cm³/mol. The summed E-state index contributed by atoms with van der Waals surface area (Å²) in [5.74, 6) is -2.88. The molecule has 1 fully saturated rings. The Bertz CT molecular complexity index is 436. The third-order valence-corrected chi connectivity index (χ3v) is 3.79. The van der Waals surface area contributed by atoms with Crippen molar-refractivity contribution in [3.05, 3.63) is 35.1 Å². The van der Waals surface area contributed by atoms with E-state index in [4.69, 9.17) is 0 Å². The van der Waals surface area contributed by atoms with E-state index in [1.165, 1.54) is 0 Å². The lowest BCUT2D eigenvalue weighted by molar-refractivity contribution is 0.0767. The quantitative estimate of drug-likeness (QED) is 0.734. The number of halogens is 3. The van der Waals surface area contributed by atoms with Gasteiger partial charge in [0.1, 0.15) is 0 Å². The first-order valence-electron chi connectivity index (χ1n) is 5.61. The summed E-state index contributed by atoms with van der Waals surface area (Å²) < 4.78 is 38.9. The maximum Gasteiger partial charge on any atom is 0.254 e. The van der Waals surface area contributed by atoms with Gasteiger partial charge < -0.3 is 4.90 Å². The van der Waals surface area contributed by atoms with E-state index in [-0.39, 0.29) is 5.56 Å². The normalized spacial score (nSPS) is 16.5. The Kier molecular flexibility index (Phi) is 4.16. The molecule has 6 heteroatoms. The second kappa shape index (κ2) is 5.65. The van der Waals surface area contributed by atoms with Crippen LogP contribution in [0.25, 0.3) is 0 Å². The van der Waals surface area contributed by atoms with Crippen molar-refractivity contribution in [2.75, 3.05) is 24.6 Å². The van der Waals surface area contributed by atoms with Crippen molar-refractivity contribution in [3.63, 3.8) is 0 Å². The molecular weight excluding hydrogens is 263 g/mol. The number of carbonyl (C=O) groups is 1. The first-order chi connectivity index (χ1) is 8.59. The first-order valence-corrected chi connectivity index (χ1v) is 6.76. The second-order valence-electron chi connectivity index (χ2n) is 4.01. The topological polar surface area (TPSA) is 20.3 Å². The Hall–Kier alpha value is -1.17. The highest BCUT2D eigenvalue weighted by molar-refractivity contribution is 7.99. The molecule has 0 spiro atoms. The predicted octanol–water partition coefficient (Wildman–Crippen LogP) is 2.68. The molecule has 1 aromatic carbocycles. The molecule has 2 rings (SSSR count). The molecule has 0 atom stereocenters. The van der Waals surface area contributed by atoms with Crippen molar-refractivity contribution >= 4 is 17.7 Å². The van der Waals surface area contributed by atoms with Crippen LogP contribution in [-0.4, -0.2) is 35.4 Å². The van der Waals surface area contributed by atoms with Gasteiger partial charge in [-0.25, -0.2) is 13.2 Å². The minimum absolute atomic E-state index is 0.140. The van der Waals surface area contributed by atoms with Crippen LogP contribution in [0.2, 0.25) is 0 Å². The van der Waals surface area contributed by atoms with Crippen LogP contribution in [0.15, 0.2) is 12.1 Å². The summed E-state index contributed by atoms with van der Waals surface area (Å²) in [6.07, 6.45) is 0.850. The van der Waals surface area contributed by atoms with E-state index in [0.29, 0.717) is 13.1 Å². The fourth-order valence-electron chi connectivity index (χ4n) is 1.81. The SMILES string of the molecule is O=C(c1cc(F)c(F)c(F)c1)N1CCCSCC1. The van der Waals surface area contributed by atoms with Crippen molar-refractivity contribution in [3.8, 4) is 0 Å². The van der Waals surface area contributed by atoms with Crippen molar-refractivity contribution in [1.29, 1.82) is 0 Å². The Morgan fingerprint density at radius 3 is 2.44 bits per heavy atom. The lowest BCUT2D eigenvalue weighted by Crippen LogP contribution is -2.33. The molecule has 0 saturated carbocycles. The van der Waals surface area contributed by atoms with E-state index in [1.54, 1.807) is 16.7 Å². The zero-order valence-corrected chi connectivity index (χ0v) is 10.4. The smallest absolute Gasteiger partial charge is 0.254 e. The highest BCUT2D eigenvalue weighted by atomic mass is 32.2. The van der Waals surface area contributed by atoms with Gasteiger partial charge in [-0.2, -0.15) is 11.8 Å². The van der Waals surface area contributed by atoms with Crippen molar-refractivity contribution in [2.45, 2.75) is 6.42 Å². The molecule has 0 unspecified atom stereocenters. The number of hydrogen-bond acceptors (Lipinski definition) is 2. The van der Waals surface area contributed by atoms with Gasteiger partial charge in [0.15, 0.2) is 17.5 Å². The van der Waals surface area contributed by atoms with Crippen LogP contribution in [0.5, 0.6) is 0 Å². The Balaban J connectivity index is 2.22. The fraction of sp³-hybridized carbons (Fsp3) is 0.417. The molecule has 1 aromatic rings. The summed E-state index contributed by atoms with van der Waals surface area (Å²) in [6, 6.07) is 1.50. The van der Waals surface area contributed by atoms with Crippen LogP contribution in [0.3, 0.4) is 0 Å². The molecule has 1 saturated heterocycles. The van der Waals surface area contributed by atoms with Crippen LogP contribution in [0.1, 0.15) is 16.8 Å². The molecule has 0 N–H and O–H groups in total. The largest absolute Gasteiger partial charge is 0.338 e. The molecule has 0 radical (unpaired) electrons. The molecule has 18 heavy (non-hydrogen) atoms. The van der Waals surface area contributed by atoms with Gasteiger partial charge in [0, 0.05) is 24.4 Å². The summed E-state index contributed by atoms with van der Waals surface area (Å²) in [4.78, 5) is 13.6. The average molecular weight is 275 g/mol. The zero-order valence-electron chi connectivity index (χ0n) is 9.59. The van der Waals surface area contributed by atoms with Crippen LogP contribution >= 0.6 is 11.8 Å². The number of benzene rings is 1. The molecule has 1 heterocycles. The van der Waals surface area contributed by atoms with Gasteiger partial charge in [-0.15, -0.1) is 0 Å². The van der Waals surface area contributed by atoms with Crippen molar-refractivity contribution < 1.29 is 18.0 Å². The minimum atomic E-state index is -1.54. The molecule has 1 amide bonds. The average Bonchev–Trinajstić information content (AvgIpc) is 2.63. The van der Waals surface area contributed by atoms with E-state index in [9.17, 15) is 18.0 Å². The second-order valence-corrected chi connectivity index (χ2v) is 5.24. The third-order valence-electron chi connectivity index (χ3n) is 2.74. The Labute approximate surface area is 107 Å². The van der Waals surface area contributed by atoms with Gasteiger partial charge >= 0.3 is 0 Å². The zero-order chi connectivity index (χ0) is 13.1. The van der Waals surface area contributed by atoms with Gasteiger partial charge in [0.2, 0.25) is 0 Å². The standard InChI is InChI=1S/C12H12F3NOS/c13-9-6-8(7-10(14)11(9)15)12(17)16-2-1-4-18-5-3-16/h6-7H,1-5H2. The molecule has 98 valence electrons. The molecule has 2 nitrogen and oxygen atoms in total. The van der Waals surface area contributed by atoms with E-state index < -0.39 is 23.4 Å². The molecule has 0 bridgehead atoms. The van der Waals surface area contributed by atoms with Gasteiger partial charge in [-0.1, -0.05) is 0 Å².